The Kier molecular flexibility index (Phi) is 4.56. The number of carbonyl (C=O) groups is 2. The summed E-state index contributed by atoms with van der Waals surface area (Å²) in [5.41, 5.74) is 3.83. The molecular formula is C18H18N4O2. The molecule has 0 atom stereocenters. The number of hydrogen-bond acceptors (Lipinski definition) is 3. The zero-order valence-electron chi connectivity index (χ0n) is 13.3. The summed E-state index contributed by atoms with van der Waals surface area (Å²) in [5, 5.41) is 5.57. The Hall–Kier alpha value is -3.15. The molecule has 0 spiro atoms. The van der Waals surface area contributed by atoms with Gasteiger partial charge in [-0.2, -0.15) is 0 Å². The number of amides is 2. The van der Waals surface area contributed by atoms with Crippen molar-refractivity contribution in [1.82, 2.24) is 20.6 Å². The smallest absolute Gasteiger partial charge is 0.251 e. The number of aryl methyl sites for hydroxylation is 1. The highest BCUT2D eigenvalue weighted by molar-refractivity contribution is 5.97. The molecule has 0 radical (unpaired) electrons. The number of benzene rings is 2. The second kappa shape index (κ2) is 6.95. The molecular weight excluding hydrogens is 304 g/mol. The van der Waals surface area contributed by atoms with Crippen LogP contribution >= 0.6 is 0 Å². The molecule has 3 rings (SSSR count). The Morgan fingerprint density at radius 3 is 2.42 bits per heavy atom. The zero-order valence-corrected chi connectivity index (χ0v) is 13.3. The molecule has 0 saturated carbocycles. The van der Waals surface area contributed by atoms with E-state index in [2.05, 4.69) is 20.6 Å². The van der Waals surface area contributed by atoms with Gasteiger partial charge in [0.1, 0.15) is 0 Å². The second-order valence-corrected chi connectivity index (χ2v) is 5.52. The molecule has 0 aliphatic rings. The van der Waals surface area contributed by atoms with Crippen molar-refractivity contribution in [2.24, 2.45) is 0 Å². The molecule has 122 valence electrons. The maximum Gasteiger partial charge on any atom is 0.251 e. The minimum atomic E-state index is -0.184. The summed E-state index contributed by atoms with van der Waals surface area (Å²) < 4.78 is 0. The van der Waals surface area contributed by atoms with Crippen molar-refractivity contribution in [3.63, 3.8) is 0 Å². The van der Waals surface area contributed by atoms with E-state index in [4.69, 9.17) is 0 Å². The largest absolute Gasteiger partial charge is 0.350 e. The van der Waals surface area contributed by atoms with Crippen LogP contribution in [0.3, 0.4) is 0 Å². The topological polar surface area (TPSA) is 86.9 Å². The number of fused-ring (bicyclic) bond motifs is 1. The van der Waals surface area contributed by atoms with Crippen LogP contribution in [0, 0.1) is 6.92 Å². The number of hydrogen-bond donors (Lipinski definition) is 3. The molecule has 2 amide bonds. The lowest BCUT2D eigenvalue weighted by molar-refractivity contribution is 0.0927. The van der Waals surface area contributed by atoms with Gasteiger partial charge in [-0.05, 0) is 37.3 Å². The highest BCUT2D eigenvalue weighted by Gasteiger charge is 2.08. The first-order chi connectivity index (χ1) is 11.6. The van der Waals surface area contributed by atoms with Crippen molar-refractivity contribution in [2.45, 2.75) is 6.92 Å². The van der Waals surface area contributed by atoms with Gasteiger partial charge in [-0.3, -0.25) is 9.59 Å². The highest BCUT2D eigenvalue weighted by Crippen LogP contribution is 2.11. The normalized spacial score (nSPS) is 10.5. The van der Waals surface area contributed by atoms with Crippen LogP contribution < -0.4 is 10.6 Å². The number of nitrogens with zero attached hydrogens (tertiary/aromatic N) is 1. The third-order valence-electron chi connectivity index (χ3n) is 3.66. The monoisotopic (exact) mass is 322 g/mol. The van der Waals surface area contributed by atoms with Crippen LogP contribution in [-0.4, -0.2) is 34.9 Å². The van der Waals surface area contributed by atoms with Gasteiger partial charge < -0.3 is 15.6 Å². The van der Waals surface area contributed by atoms with E-state index in [1.165, 1.54) is 0 Å². The molecule has 0 aliphatic heterocycles. The van der Waals surface area contributed by atoms with Gasteiger partial charge in [-0.15, -0.1) is 0 Å². The van der Waals surface area contributed by atoms with Gasteiger partial charge in [0, 0.05) is 24.2 Å². The van der Waals surface area contributed by atoms with Crippen molar-refractivity contribution in [1.29, 1.82) is 0 Å². The first-order valence-corrected chi connectivity index (χ1v) is 7.70. The summed E-state index contributed by atoms with van der Waals surface area (Å²) in [6, 6.07) is 12.6. The van der Waals surface area contributed by atoms with Crippen LogP contribution in [0.2, 0.25) is 0 Å². The SMILES string of the molecule is Cc1cccc(C(=O)NCCNC(=O)c2ccc3nc[nH]c3c2)c1. The van der Waals surface area contributed by atoms with Crippen LogP contribution in [-0.2, 0) is 0 Å². The van der Waals surface area contributed by atoms with Crippen LogP contribution in [0.25, 0.3) is 11.0 Å². The molecule has 0 aliphatic carbocycles. The summed E-state index contributed by atoms with van der Waals surface area (Å²) in [6.45, 7) is 2.66. The predicted octanol–water partition coefficient (Wildman–Crippen LogP) is 2.03. The van der Waals surface area contributed by atoms with Gasteiger partial charge >= 0.3 is 0 Å². The molecule has 0 bridgehead atoms. The summed E-state index contributed by atoms with van der Waals surface area (Å²) >= 11 is 0. The van der Waals surface area contributed by atoms with Crippen LogP contribution in [0.1, 0.15) is 26.3 Å². The predicted molar refractivity (Wildman–Crippen MR) is 91.9 cm³/mol. The number of aromatic nitrogens is 2. The maximum atomic E-state index is 12.1. The first kappa shape index (κ1) is 15.7. The van der Waals surface area contributed by atoms with Gasteiger partial charge in [0.15, 0.2) is 0 Å². The van der Waals surface area contributed by atoms with Gasteiger partial charge in [0.25, 0.3) is 11.8 Å². The Balaban J connectivity index is 1.49. The van der Waals surface area contributed by atoms with E-state index in [1.807, 2.05) is 25.1 Å². The molecule has 3 N–H and O–H groups in total. The Bertz CT molecular complexity index is 885. The van der Waals surface area contributed by atoms with Crippen molar-refractivity contribution in [3.8, 4) is 0 Å². The lowest BCUT2D eigenvalue weighted by atomic mass is 10.1. The third-order valence-corrected chi connectivity index (χ3v) is 3.66. The number of nitrogens with one attached hydrogen (secondary N) is 3. The van der Waals surface area contributed by atoms with E-state index in [1.54, 1.807) is 30.6 Å². The summed E-state index contributed by atoms with van der Waals surface area (Å²) in [5.74, 6) is -0.330. The fourth-order valence-electron chi connectivity index (χ4n) is 2.42. The van der Waals surface area contributed by atoms with Crippen molar-refractivity contribution >= 4 is 22.8 Å². The number of imidazole rings is 1. The Morgan fingerprint density at radius 1 is 1.00 bits per heavy atom. The van der Waals surface area contributed by atoms with E-state index in [0.29, 0.717) is 24.2 Å². The van der Waals surface area contributed by atoms with Crippen molar-refractivity contribution in [2.75, 3.05) is 13.1 Å². The number of aromatic amines is 1. The molecule has 1 aromatic heterocycles. The molecule has 0 unspecified atom stereocenters. The third kappa shape index (κ3) is 3.60. The molecule has 6 heteroatoms. The summed E-state index contributed by atoms with van der Waals surface area (Å²) in [7, 11) is 0. The summed E-state index contributed by atoms with van der Waals surface area (Å²) in [6.07, 6.45) is 1.59. The van der Waals surface area contributed by atoms with Crippen molar-refractivity contribution in [3.05, 3.63) is 65.5 Å². The average Bonchev–Trinajstić information content (AvgIpc) is 3.06. The lowest BCUT2D eigenvalue weighted by Gasteiger charge is -2.08. The maximum absolute atomic E-state index is 12.1. The molecule has 24 heavy (non-hydrogen) atoms. The van der Waals surface area contributed by atoms with Crippen LogP contribution in [0.4, 0.5) is 0 Å². The van der Waals surface area contributed by atoms with E-state index in [-0.39, 0.29) is 11.8 Å². The molecule has 0 fully saturated rings. The minimum Gasteiger partial charge on any atom is -0.350 e. The van der Waals surface area contributed by atoms with Crippen molar-refractivity contribution < 1.29 is 9.59 Å². The standard InChI is InChI=1S/C18H18N4O2/c1-12-3-2-4-13(9-12)17(23)19-7-8-20-18(24)14-5-6-15-16(10-14)22-11-21-15/h2-6,9-11H,7-8H2,1H3,(H,19,23)(H,20,24)(H,21,22). The molecule has 1 heterocycles. The second-order valence-electron chi connectivity index (χ2n) is 5.52. The lowest BCUT2D eigenvalue weighted by Crippen LogP contribution is -2.34. The van der Waals surface area contributed by atoms with Crippen LogP contribution in [0.15, 0.2) is 48.8 Å². The molecule has 6 nitrogen and oxygen atoms in total. The quantitative estimate of drug-likeness (QED) is 0.628. The molecule has 3 aromatic rings. The molecule has 0 saturated heterocycles. The van der Waals surface area contributed by atoms with Gasteiger partial charge in [0.05, 0.1) is 17.4 Å². The van der Waals surface area contributed by atoms with Crippen LogP contribution in [0.5, 0.6) is 0 Å². The Labute approximate surface area is 139 Å². The van der Waals surface area contributed by atoms with E-state index in [0.717, 1.165) is 16.6 Å². The van der Waals surface area contributed by atoms with Gasteiger partial charge in [-0.25, -0.2) is 4.98 Å². The average molecular weight is 322 g/mol. The molecule has 2 aromatic carbocycles. The van der Waals surface area contributed by atoms with Gasteiger partial charge in [-0.1, -0.05) is 17.7 Å². The Morgan fingerprint density at radius 2 is 1.71 bits per heavy atom. The minimum absolute atomic E-state index is 0.146. The van der Waals surface area contributed by atoms with E-state index >= 15 is 0 Å². The van der Waals surface area contributed by atoms with E-state index < -0.39 is 0 Å². The first-order valence-electron chi connectivity index (χ1n) is 7.70. The fourth-order valence-corrected chi connectivity index (χ4v) is 2.42. The number of H-pyrrole nitrogens is 1. The number of rotatable bonds is 5. The number of carbonyl (C=O) groups excluding carboxylic acids is 2. The highest BCUT2D eigenvalue weighted by atomic mass is 16.2. The summed E-state index contributed by atoms with van der Waals surface area (Å²) in [4.78, 5) is 31.2. The zero-order chi connectivity index (χ0) is 16.9. The van der Waals surface area contributed by atoms with Gasteiger partial charge in [0.2, 0.25) is 0 Å². The fraction of sp³-hybridized carbons (Fsp3) is 0.167. The van der Waals surface area contributed by atoms with E-state index in [9.17, 15) is 9.59 Å².